The maximum atomic E-state index is 5.52. The van der Waals surface area contributed by atoms with E-state index in [-0.39, 0.29) is 6.04 Å². The van der Waals surface area contributed by atoms with Gasteiger partial charge in [0.1, 0.15) is 5.76 Å². The van der Waals surface area contributed by atoms with Crippen LogP contribution in [0.15, 0.2) is 21.2 Å². The van der Waals surface area contributed by atoms with Crippen LogP contribution in [0.3, 0.4) is 0 Å². The highest BCUT2D eigenvalue weighted by Gasteiger charge is 2.13. The average Bonchev–Trinajstić information content (AvgIpc) is 2.64. The van der Waals surface area contributed by atoms with Gasteiger partial charge in [0.05, 0.1) is 6.04 Å². The molecule has 0 saturated heterocycles. The molecule has 1 N–H and O–H groups in total. The van der Waals surface area contributed by atoms with E-state index in [1.54, 1.807) is 0 Å². The van der Waals surface area contributed by atoms with Gasteiger partial charge in [-0.15, -0.1) is 0 Å². The molecular weight excluding hydrogens is 274 g/mol. The van der Waals surface area contributed by atoms with E-state index in [0.717, 1.165) is 22.6 Å². The van der Waals surface area contributed by atoms with Gasteiger partial charge >= 0.3 is 0 Å². The first-order chi connectivity index (χ1) is 7.17. The van der Waals surface area contributed by atoms with Crippen molar-refractivity contribution in [1.29, 1.82) is 0 Å². The average molecular weight is 292 g/mol. The number of hydrogen-bond acceptors (Lipinski definition) is 3. The maximum absolute atomic E-state index is 5.52. The van der Waals surface area contributed by atoms with Crippen molar-refractivity contribution in [2.24, 2.45) is 0 Å². The van der Waals surface area contributed by atoms with E-state index in [2.05, 4.69) is 41.3 Å². The fourth-order valence-corrected chi connectivity index (χ4v) is 2.54. The van der Waals surface area contributed by atoms with Crippen LogP contribution in [-0.2, 0) is 0 Å². The molecular formula is C11H18BrNOS. The number of halogens is 1. The van der Waals surface area contributed by atoms with Crippen LogP contribution in [0.5, 0.6) is 0 Å². The van der Waals surface area contributed by atoms with Gasteiger partial charge < -0.3 is 9.73 Å². The first-order valence-corrected chi connectivity index (χ1v) is 7.36. The summed E-state index contributed by atoms with van der Waals surface area (Å²) in [4.78, 5) is 0. The molecule has 0 amide bonds. The molecule has 1 heterocycles. The molecule has 0 saturated carbocycles. The predicted octanol–water partition coefficient (Wildman–Crippen LogP) is 3.83. The number of nitrogens with one attached hydrogen (secondary N) is 1. The number of hydrogen-bond donors (Lipinski definition) is 1. The molecule has 2 atom stereocenters. The van der Waals surface area contributed by atoms with E-state index < -0.39 is 0 Å². The Bertz CT molecular complexity index is 290. The molecule has 1 aromatic heterocycles. The third kappa shape index (κ3) is 4.21. The second-order valence-electron chi connectivity index (χ2n) is 3.59. The summed E-state index contributed by atoms with van der Waals surface area (Å²) in [6.45, 7) is 4.34. The molecule has 0 aliphatic rings. The zero-order valence-corrected chi connectivity index (χ0v) is 11.8. The molecule has 1 aromatic rings. The molecule has 2 nitrogen and oxygen atoms in total. The molecule has 0 bridgehead atoms. The van der Waals surface area contributed by atoms with Crippen molar-refractivity contribution in [3.8, 4) is 0 Å². The summed E-state index contributed by atoms with van der Waals surface area (Å²) in [5.74, 6) is 2.13. The normalized spacial score (nSPS) is 15.2. The second kappa shape index (κ2) is 6.61. The molecule has 0 aliphatic carbocycles. The van der Waals surface area contributed by atoms with Crippen molar-refractivity contribution in [2.45, 2.75) is 32.4 Å². The van der Waals surface area contributed by atoms with Crippen LogP contribution in [-0.4, -0.2) is 18.1 Å². The van der Waals surface area contributed by atoms with Gasteiger partial charge in [-0.05, 0) is 47.7 Å². The van der Waals surface area contributed by atoms with E-state index in [4.69, 9.17) is 4.42 Å². The summed E-state index contributed by atoms with van der Waals surface area (Å²) in [7, 11) is 0. The summed E-state index contributed by atoms with van der Waals surface area (Å²) in [5.41, 5.74) is 0. The van der Waals surface area contributed by atoms with Crippen molar-refractivity contribution in [2.75, 3.05) is 12.0 Å². The molecule has 0 radical (unpaired) electrons. The van der Waals surface area contributed by atoms with Gasteiger partial charge in [-0.25, -0.2) is 0 Å². The Balaban J connectivity index is 2.50. The van der Waals surface area contributed by atoms with Gasteiger partial charge in [0.15, 0.2) is 4.67 Å². The fourth-order valence-electron chi connectivity index (χ4n) is 1.48. The summed E-state index contributed by atoms with van der Waals surface area (Å²) in [6, 6.07) is 4.77. The lowest BCUT2D eigenvalue weighted by Gasteiger charge is -2.20. The lowest BCUT2D eigenvalue weighted by molar-refractivity contribution is 0.388. The molecule has 2 unspecified atom stereocenters. The molecule has 0 spiro atoms. The predicted molar refractivity (Wildman–Crippen MR) is 70.4 cm³/mol. The first-order valence-electron chi connectivity index (χ1n) is 5.17. The van der Waals surface area contributed by atoms with Crippen molar-refractivity contribution >= 4 is 27.7 Å². The maximum Gasteiger partial charge on any atom is 0.169 e. The molecule has 0 aliphatic heterocycles. The zero-order valence-electron chi connectivity index (χ0n) is 9.42. The first kappa shape index (κ1) is 13.1. The van der Waals surface area contributed by atoms with Crippen LogP contribution in [0.25, 0.3) is 0 Å². The SMILES string of the molecule is CCC(CSC)NC(C)c1ccc(Br)o1. The lowest BCUT2D eigenvalue weighted by Crippen LogP contribution is -2.32. The lowest BCUT2D eigenvalue weighted by atomic mass is 10.2. The third-order valence-electron chi connectivity index (χ3n) is 2.37. The quantitative estimate of drug-likeness (QED) is 0.862. The standard InChI is InChI=1S/C11H18BrNOS/c1-4-9(7-15-3)13-8(2)10-5-6-11(12)14-10/h5-6,8-9,13H,4,7H2,1-3H3. The smallest absolute Gasteiger partial charge is 0.169 e. The Morgan fingerprint density at radius 3 is 2.73 bits per heavy atom. The van der Waals surface area contributed by atoms with Gasteiger partial charge in [-0.1, -0.05) is 6.92 Å². The third-order valence-corrected chi connectivity index (χ3v) is 3.53. The van der Waals surface area contributed by atoms with E-state index >= 15 is 0 Å². The van der Waals surface area contributed by atoms with Gasteiger partial charge in [0, 0.05) is 11.8 Å². The minimum Gasteiger partial charge on any atom is -0.453 e. The van der Waals surface area contributed by atoms with Crippen LogP contribution < -0.4 is 5.32 Å². The Hall–Kier alpha value is 0.0700. The second-order valence-corrected chi connectivity index (χ2v) is 5.28. The number of rotatable bonds is 6. The molecule has 15 heavy (non-hydrogen) atoms. The van der Waals surface area contributed by atoms with Crippen LogP contribution in [0.1, 0.15) is 32.1 Å². The summed E-state index contributed by atoms with van der Waals surface area (Å²) in [6.07, 6.45) is 3.28. The molecule has 0 fully saturated rings. The Kier molecular flexibility index (Phi) is 5.79. The largest absolute Gasteiger partial charge is 0.453 e. The summed E-state index contributed by atoms with van der Waals surface area (Å²) < 4.78 is 6.31. The minimum absolute atomic E-state index is 0.272. The van der Waals surface area contributed by atoms with Crippen molar-refractivity contribution in [3.05, 3.63) is 22.6 Å². The fraction of sp³-hybridized carbons (Fsp3) is 0.636. The number of furan rings is 1. The zero-order chi connectivity index (χ0) is 11.3. The van der Waals surface area contributed by atoms with Crippen molar-refractivity contribution in [3.63, 3.8) is 0 Å². The highest BCUT2D eigenvalue weighted by atomic mass is 79.9. The van der Waals surface area contributed by atoms with E-state index in [1.807, 2.05) is 23.9 Å². The number of thioether (sulfide) groups is 1. The Labute approximate surface area is 104 Å². The monoisotopic (exact) mass is 291 g/mol. The van der Waals surface area contributed by atoms with Crippen LogP contribution in [0.4, 0.5) is 0 Å². The summed E-state index contributed by atoms with van der Waals surface area (Å²) >= 11 is 5.19. The summed E-state index contributed by atoms with van der Waals surface area (Å²) in [5, 5.41) is 3.56. The highest BCUT2D eigenvalue weighted by Crippen LogP contribution is 2.21. The van der Waals surface area contributed by atoms with Gasteiger partial charge in [-0.2, -0.15) is 11.8 Å². The Morgan fingerprint density at radius 1 is 1.53 bits per heavy atom. The highest BCUT2D eigenvalue weighted by molar-refractivity contribution is 9.10. The minimum atomic E-state index is 0.272. The van der Waals surface area contributed by atoms with E-state index in [1.165, 1.54) is 0 Å². The van der Waals surface area contributed by atoms with Crippen LogP contribution in [0, 0.1) is 0 Å². The molecule has 86 valence electrons. The molecule has 4 heteroatoms. The molecule has 1 rings (SSSR count). The van der Waals surface area contributed by atoms with Gasteiger partial charge in [0.2, 0.25) is 0 Å². The van der Waals surface area contributed by atoms with E-state index in [9.17, 15) is 0 Å². The van der Waals surface area contributed by atoms with Gasteiger partial charge in [0.25, 0.3) is 0 Å². The van der Waals surface area contributed by atoms with Crippen LogP contribution in [0.2, 0.25) is 0 Å². The van der Waals surface area contributed by atoms with Crippen molar-refractivity contribution < 1.29 is 4.42 Å². The van der Waals surface area contributed by atoms with Gasteiger partial charge in [-0.3, -0.25) is 0 Å². The van der Waals surface area contributed by atoms with E-state index in [0.29, 0.717) is 6.04 Å². The van der Waals surface area contributed by atoms with Crippen LogP contribution >= 0.6 is 27.7 Å². The topological polar surface area (TPSA) is 25.2 Å². The van der Waals surface area contributed by atoms with Crippen molar-refractivity contribution in [1.82, 2.24) is 5.32 Å². The Morgan fingerprint density at radius 2 is 2.27 bits per heavy atom. The molecule has 0 aromatic carbocycles.